The van der Waals surface area contributed by atoms with Crippen molar-refractivity contribution in [3.63, 3.8) is 0 Å². The number of rotatable bonds is 6. The van der Waals surface area contributed by atoms with E-state index in [2.05, 4.69) is 35.8 Å². The number of carbonyl (C=O) groups excluding carboxylic acids is 2. The first-order valence-electron chi connectivity index (χ1n) is 12.6. The third kappa shape index (κ3) is 6.52. The van der Waals surface area contributed by atoms with Crippen molar-refractivity contribution >= 4 is 39.7 Å². The summed E-state index contributed by atoms with van der Waals surface area (Å²) in [5, 5.41) is 13.9. The first-order chi connectivity index (χ1) is 19.5. The number of benzene rings is 1. The molecule has 0 bridgehead atoms. The quantitative estimate of drug-likeness (QED) is 0.347. The van der Waals surface area contributed by atoms with Gasteiger partial charge in [-0.05, 0) is 38.2 Å². The SMILES string of the molecule is CC(=O)Nc1ncc(-c2cn(-c3cc(C(=O)Nc4cc(N5CCN(C)CC5)cc(C(F)(F)F)c4)cnc3C)nn2)s1. The summed E-state index contributed by atoms with van der Waals surface area (Å²) in [4.78, 5) is 37.5. The van der Waals surface area contributed by atoms with Gasteiger partial charge in [0.2, 0.25) is 5.91 Å². The first-order valence-corrected chi connectivity index (χ1v) is 13.4. The highest BCUT2D eigenvalue weighted by atomic mass is 32.1. The van der Waals surface area contributed by atoms with E-state index in [4.69, 9.17) is 0 Å². The van der Waals surface area contributed by atoms with Crippen molar-refractivity contribution in [3.8, 4) is 16.3 Å². The number of carbonyl (C=O) groups is 2. The second-order valence-electron chi connectivity index (χ2n) is 9.60. The van der Waals surface area contributed by atoms with Crippen molar-refractivity contribution in [2.75, 3.05) is 48.8 Å². The standard InChI is InChI=1S/C26H26F3N9O2S/c1-15-22(38-14-21(34-35-38)23-13-31-25(41-23)32-16(2)39)8-17(12-30-15)24(40)33-19-9-18(26(27,28)29)10-20(11-19)37-6-4-36(3)5-7-37/h8-14H,4-7H2,1-3H3,(H,33,40)(H,31,32,39). The van der Waals surface area contributed by atoms with Crippen LogP contribution in [-0.2, 0) is 11.0 Å². The van der Waals surface area contributed by atoms with Crippen LogP contribution >= 0.6 is 11.3 Å². The molecule has 2 N–H and O–H groups in total. The molecule has 4 heterocycles. The zero-order valence-corrected chi connectivity index (χ0v) is 23.2. The van der Waals surface area contributed by atoms with E-state index in [1.807, 2.05) is 11.9 Å². The Morgan fingerprint density at radius 2 is 1.76 bits per heavy atom. The smallest absolute Gasteiger partial charge is 0.369 e. The fourth-order valence-corrected chi connectivity index (χ4v) is 5.08. The Labute approximate surface area is 237 Å². The Morgan fingerprint density at radius 3 is 2.46 bits per heavy atom. The van der Waals surface area contributed by atoms with Gasteiger partial charge in [-0.1, -0.05) is 16.6 Å². The number of aromatic nitrogens is 5. The highest BCUT2D eigenvalue weighted by molar-refractivity contribution is 7.19. The third-order valence-corrected chi connectivity index (χ3v) is 7.41. The van der Waals surface area contributed by atoms with Crippen LogP contribution in [-0.4, -0.2) is 74.9 Å². The van der Waals surface area contributed by atoms with Crippen molar-refractivity contribution in [1.82, 2.24) is 29.9 Å². The first kappa shape index (κ1) is 28.2. The van der Waals surface area contributed by atoms with Gasteiger partial charge in [0.1, 0.15) is 5.69 Å². The van der Waals surface area contributed by atoms with Gasteiger partial charge in [-0.3, -0.25) is 14.6 Å². The predicted octanol–water partition coefficient (Wildman–Crippen LogP) is 4.08. The maximum atomic E-state index is 13.7. The molecule has 5 rings (SSSR count). The van der Waals surface area contributed by atoms with Crippen LogP contribution in [0.1, 0.15) is 28.5 Å². The highest BCUT2D eigenvalue weighted by Gasteiger charge is 2.32. The molecule has 0 atom stereocenters. The molecular formula is C26H26F3N9O2S. The van der Waals surface area contributed by atoms with E-state index >= 15 is 0 Å². The van der Waals surface area contributed by atoms with Crippen LogP contribution in [0, 0.1) is 6.92 Å². The Balaban J connectivity index is 1.39. The van der Waals surface area contributed by atoms with Gasteiger partial charge in [-0.2, -0.15) is 13.2 Å². The van der Waals surface area contributed by atoms with Crippen LogP contribution in [0.4, 0.5) is 29.7 Å². The predicted molar refractivity (Wildman–Crippen MR) is 148 cm³/mol. The van der Waals surface area contributed by atoms with E-state index in [1.54, 1.807) is 31.5 Å². The second-order valence-corrected chi connectivity index (χ2v) is 10.6. The number of anilines is 3. The van der Waals surface area contributed by atoms with Gasteiger partial charge in [0, 0.05) is 56.9 Å². The Kier molecular flexibility index (Phi) is 7.73. The molecule has 0 unspecified atom stereocenters. The van der Waals surface area contributed by atoms with E-state index in [-0.39, 0.29) is 17.2 Å². The minimum absolute atomic E-state index is 0.0316. The van der Waals surface area contributed by atoms with Crippen LogP contribution in [0.15, 0.2) is 42.9 Å². The number of piperazine rings is 1. The molecule has 2 amide bonds. The minimum Gasteiger partial charge on any atom is -0.369 e. The number of hydrogen-bond acceptors (Lipinski definition) is 9. The molecule has 3 aromatic heterocycles. The molecule has 1 aliphatic rings. The van der Waals surface area contributed by atoms with Gasteiger partial charge in [0.15, 0.2) is 5.13 Å². The van der Waals surface area contributed by atoms with Crippen LogP contribution in [0.3, 0.4) is 0 Å². The van der Waals surface area contributed by atoms with E-state index in [0.29, 0.717) is 45.9 Å². The lowest BCUT2D eigenvalue weighted by Gasteiger charge is -2.34. The lowest BCUT2D eigenvalue weighted by Crippen LogP contribution is -2.44. The topological polar surface area (TPSA) is 121 Å². The Bertz CT molecular complexity index is 1590. The molecule has 0 radical (unpaired) electrons. The van der Waals surface area contributed by atoms with Crippen molar-refractivity contribution in [2.24, 2.45) is 0 Å². The Hall–Kier alpha value is -4.37. The summed E-state index contributed by atoms with van der Waals surface area (Å²) < 4.78 is 42.6. The van der Waals surface area contributed by atoms with E-state index in [0.717, 1.165) is 25.2 Å². The Morgan fingerprint density at radius 1 is 1.00 bits per heavy atom. The fourth-order valence-electron chi connectivity index (χ4n) is 4.27. The number of alkyl halides is 3. The van der Waals surface area contributed by atoms with Gasteiger partial charge in [0.25, 0.3) is 5.91 Å². The average Bonchev–Trinajstić information content (AvgIpc) is 3.58. The molecule has 214 valence electrons. The lowest BCUT2D eigenvalue weighted by molar-refractivity contribution is -0.137. The van der Waals surface area contributed by atoms with Crippen molar-refractivity contribution in [1.29, 1.82) is 0 Å². The molecule has 1 saturated heterocycles. The number of pyridine rings is 1. The summed E-state index contributed by atoms with van der Waals surface area (Å²) in [6.45, 7) is 5.71. The summed E-state index contributed by atoms with van der Waals surface area (Å²) in [6, 6.07) is 5.13. The van der Waals surface area contributed by atoms with E-state index in [1.165, 1.54) is 29.1 Å². The number of hydrogen-bond donors (Lipinski definition) is 2. The molecule has 0 spiro atoms. The number of thiazole rings is 1. The number of likely N-dealkylation sites (N-methyl/N-ethyl adjacent to an activating group) is 1. The third-order valence-electron chi connectivity index (χ3n) is 6.48. The monoisotopic (exact) mass is 585 g/mol. The molecule has 0 saturated carbocycles. The van der Waals surface area contributed by atoms with Crippen LogP contribution in [0.5, 0.6) is 0 Å². The summed E-state index contributed by atoms with van der Waals surface area (Å²) in [7, 11) is 1.96. The second kappa shape index (κ2) is 11.2. The van der Waals surface area contributed by atoms with Gasteiger partial charge in [-0.25, -0.2) is 9.67 Å². The van der Waals surface area contributed by atoms with Gasteiger partial charge in [0.05, 0.1) is 33.6 Å². The molecule has 41 heavy (non-hydrogen) atoms. The number of aryl methyl sites for hydroxylation is 1. The summed E-state index contributed by atoms with van der Waals surface area (Å²) in [6.07, 6.45) is -0.0348. The molecule has 11 nitrogen and oxygen atoms in total. The summed E-state index contributed by atoms with van der Waals surface area (Å²) in [5.74, 6) is -0.864. The average molecular weight is 586 g/mol. The van der Waals surface area contributed by atoms with Gasteiger partial charge >= 0.3 is 6.18 Å². The van der Waals surface area contributed by atoms with E-state index in [9.17, 15) is 22.8 Å². The molecule has 1 aromatic carbocycles. The molecular weight excluding hydrogens is 559 g/mol. The zero-order valence-electron chi connectivity index (χ0n) is 22.4. The maximum absolute atomic E-state index is 13.7. The van der Waals surface area contributed by atoms with E-state index < -0.39 is 17.6 Å². The largest absolute Gasteiger partial charge is 0.416 e. The van der Waals surface area contributed by atoms with Crippen molar-refractivity contribution < 1.29 is 22.8 Å². The van der Waals surface area contributed by atoms with Crippen LogP contribution < -0.4 is 15.5 Å². The van der Waals surface area contributed by atoms with Gasteiger partial charge < -0.3 is 20.4 Å². The molecule has 1 aliphatic heterocycles. The number of halogens is 3. The van der Waals surface area contributed by atoms with Crippen LogP contribution in [0.25, 0.3) is 16.3 Å². The molecule has 1 fully saturated rings. The molecule has 4 aromatic rings. The number of amides is 2. The molecule has 0 aliphatic carbocycles. The minimum atomic E-state index is -4.58. The van der Waals surface area contributed by atoms with Gasteiger partial charge in [-0.15, -0.1) is 5.10 Å². The fraction of sp³-hybridized carbons (Fsp3) is 0.308. The summed E-state index contributed by atoms with van der Waals surface area (Å²) in [5.41, 5.74) is 1.23. The lowest BCUT2D eigenvalue weighted by atomic mass is 10.1. The summed E-state index contributed by atoms with van der Waals surface area (Å²) >= 11 is 1.23. The van der Waals surface area contributed by atoms with Crippen molar-refractivity contribution in [2.45, 2.75) is 20.0 Å². The highest BCUT2D eigenvalue weighted by Crippen LogP contribution is 2.35. The number of nitrogens with zero attached hydrogens (tertiary/aromatic N) is 7. The normalized spacial score (nSPS) is 14.2. The molecule has 15 heteroatoms. The maximum Gasteiger partial charge on any atom is 0.416 e. The van der Waals surface area contributed by atoms with Crippen molar-refractivity contribution in [3.05, 3.63) is 59.7 Å². The number of nitrogens with one attached hydrogen (secondary N) is 2. The zero-order chi connectivity index (χ0) is 29.3. The van der Waals surface area contributed by atoms with Crippen LogP contribution in [0.2, 0.25) is 0 Å².